The number of nitrogens with zero attached hydrogens (tertiary/aromatic N) is 1. The van der Waals surface area contributed by atoms with E-state index in [4.69, 9.17) is 4.74 Å². The fraction of sp³-hybridized carbons (Fsp3) is 0.136. The van der Waals surface area contributed by atoms with E-state index in [1.54, 1.807) is 61.5 Å². The van der Waals surface area contributed by atoms with Crippen LogP contribution in [0.1, 0.15) is 23.0 Å². The van der Waals surface area contributed by atoms with Crippen LogP contribution in [0.2, 0.25) is 0 Å². The molecule has 6 heteroatoms. The van der Waals surface area contributed by atoms with E-state index in [2.05, 4.69) is 10.3 Å². The molecule has 0 aliphatic heterocycles. The summed E-state index contributed by atoms with van der Waals surface area (Å²) in [6.07, 6.45) is 0.130. The molecule has 0 fully saturated rings. The minimum atomic E-state index is -0.397. The van der Waals surface area contributed by atoms with Gasteiger partial charge in [-0.1, -0.05) is 30.3 Å². The Morgan fingerprint density at radius 2 is 1.82 bits per heavy atom. The monoisotopic (exact) mass is 378 g/mol. The first-order valence-electron chi connectivity index (χ1n) is 8.84. The Kier molecular flexibility index (Phi) is 6.11. The third-order valence-corrected chi connectivity index (χ3v) is 3.94. The number of amides is 1. The average Bonchev–Trinajstić information content (AvgIpc) is 2.68. The number of esters is 1. The normalized spacial score (nSPS) is 10.4. The van der Waals surface area contributed by atoms with Crippen molar-refractivity contribution >= 4 is 17.6 Å². The van der Waals surface area contributed by atoms with Crippen LogP contribution in [0.5, 0.6) is 0 Å². The largest absolute Gasteiger partial charge is 0.466 e. The van der Waals surface area contributed by atoms with Gasteiger partial charge in [0, 0.05) is 11.3 Å². The van der Waals surface area contributed by atoms with Gasteiger partial charge in [0.1, 0.15) is 11.5 Å². The van der Waals surface area contributed by atoms with Crippen molar-refractivity contribution in [2.24, 2.45) is 0 Å². The number of rotatable bonds is 6. The third-order valence-electron chi connectivity index (χ3n) is 3.94. The molecule has 0 radical (unpaired) electrons. The molecule has 1 amide bonds. The first-order chi connectivity index (χ1) is 13.5. The fourth-order valence-electron chi connectivity index (χ4n) is 2.70. The lowest BCUT2D eigenvalue weighted by Crippen LogP contribution is -2.14. The van der Waals surface area contributed by atoms with Gasteiger partial charge in [0.2, 0.25) is 0 Å². The van der Waals surface area contributed by atoms with Gasteiger partial charge in [0.25, 0.3) is 5.91 Å². The van der Waals surface area contributed by atoms with Crippen molar-refractivity contribution in [2.45, 2.75) is 13.3 Å². The summed E-state index contributed by atoms with van der Waals surface area (Å²) in [6, 6.07) is 18.0. The molecule has 0 aliphatic rings. The van der Waals surface area contributed by atoms with E-state index >= 15 is 0 Å². The topological polar surface area (TPSA) is 68.3 Å². The van der Waals surface area contributed by atoms with E-state index in [1.165, 1.54) is 12.1 Å². The molecular weight excluding hydrogens is 359 g/mol. The van der Waals surface area contributed by atoms with Gasteiger partial charge >= 0.3 is 5.97 Å². The molecule has 1 aromatic heterocycles. The summed E-state index contributed by atoms with van der Waals surface area (Å²) in [4.78, 5) is 28.5. The lowest BCUT2D eigenvalue weighted by Gasteiger charge is -2.08. The number of carbonyl (C=O) groups excluding carboxylic acids is 2. The number of hydrogen-bond acceptors (Lipinski definition) is 4. The van der Waals surface area contributed by atoms with Gasteiger partial charge < -0.3 is 10.1 Å². The number of hydrogen-bond donors (Lipinski definition) is 1. The Bertz CT molecular complexity index is 1000. The van der Waals surface area contributed by atoms with Crippen molar-refractivity contribution in [3.8, 4) is 11.3 Å². The number of anilines is 1. The van der Waals surface area contributed by atoms with Crippen molar-refractivity contribution in [3.05, 3.63) is 83.8 Å². The lowest BCUT2D eigenvalue weighted by atomic mass is 10.1. The average molecular weight is 378 g/mol. The number of aromatic nitrogens is 1. The van der Waals surface area contributed by atoms with Crippen molar-refractivity contribution in [1.82, 2.24) is 4.98 Å². The predicted octanol–water partition coefficient (Wildman–Crippen LogP) is 4.25. The molecule has 0 saturated heterocycles. The summed E-state index contributed by atoms with van der Waals surface area (Å²) in [6.45, 7) is 2.07. The van der Waals surface area contributed by atoms with Crippen LogP contribution in [-0.2, 0) is 16.0 Å². The van der Waals surface area contributed by atoms with Crippen LogP contribution in [0.4, 0.5) is 10.1 Å². The highest BCUT2D eigenvalue weighted by atomic mass is 19.1. The molecule has 0 bridgehead atoms. The van der Waals surface area contributed by atoms with Crippen LogP contribution in [0.25, 0.3) is 11.3 Å². The maximum absolute atomic E-state index is 13.4. The van der Waals surface area contributed by atoms with Gasteiger partial charge in [-0.2, -0.15) is 0 Å². The van der Waals surface area contributed by atoms with Crippen LogP contribution >= 0.6 is 0 Å². The van der Waals surface area contributed by atoms with Gasteiger partial charge in [-0.3, -0.25) is 9.59 Å². The minimum absolute atomic E-state index is 0.130. The molecule has 0 unspecified atom stereocenters. The van der Waals surface area contributed by atoms with Crippen LogP contribution in [0.3, 0.4) is 0 Å². The Morgan fingerprint density at radius 3 is 2.61 bits per heavy atom. The number of nitrogens with one attached hydrogen (secondary N) is 1. The first kappa shape index (κ1) is 19.2. The summed E-state index contributed by atoms with van der Waals surface area (Å²) >= 11 is 0. The van der Waals surface area contributed by atoms with Crippen molar-refractivity contribution in [3.63, 3.8) is 0 Å². The Morgan fingerprint density at radius 1 is 1.04 bits per heavy atom. The van der Waals surface area contributed by atoms with Gasteiger partial charge in [-0.05, 0) is 48.9 Å². The van der Waals surface area contributed by atoms with Crippen LogP contribution in [-0.4, -0.2) is 23.5 Å². The highest BCUT2D eigenvalue weighted by molar-refractivity contribution is 6.03. The standard InChI is InChI=1S/C22H19FN2O3/c1-2-28-21(26)13-15-6-3-9-18(12-15)24-22(27)20-11-5-10-19(25-20)16-7-4-8-17(23)14-16/h3-12,14H,2,13H2,1H3,(H,24,27). The van der Waals surface area contributed by atoms with E-state index < -0.39 is 5.91 Å². The highest BCUT2D eigenvalue weighted by Gasteiger charge is 2.11. The fourth-order valence-corrected chi connectivity index (χ4v) is 2.70. The number of halogens is 1. The molecule has 0 aliphatic carbocycles. The molecule has 5 nitrogen and oxygen atoms in total. The molecule has 1 N–H and O–H groups in total. The molecular formula is C22H19FN2O3. The maximum atomic E-state index is 13.4. The second-order valence-electron chi connectivity index (χ2n) is 6.05. The summed E-state index contributed by atoms with van der Waals surface area (Å²) < 4.78 is 18.4. The zero-order valence-electron chi connectivity index (χ0n) is 15.3. The number of ether oxygens (including phenoxy) is 1. The van der Waals surface area contributed by atoms with Crippen molar-refractivity contribution in [2.75, 3.05) is 11.9 Å². The number of pyridine rings is 1. The summed E-state index contributed by atoms with van der Waals surface area (Å²) in [5.74, 6) is -1.09. The number of carbonyl (C=O) groups is 2. The molecule has 0 atom stereocenters. The van der Waals surface area contributed by atoms with Crippen molar-refractivity contribution < 1.29 is 18.7 Å². The molecule has 2 aromatic carbocycles. The zero-order valence-corrected chi connectivity index (χ0v) is 15.3. The molecule has 0 saturated carbocycles. The van der Waals surface area contributed by atoms with Crippen LogP contribution < -0.4 is 5.32 Å². The summed E-state index contributed by atoms with van der Waals surface area (Å²) in [5.41, 5.74) is 2.58. The first-order valence-corrected chi connectivity index (χ1v) is 8.84. The van der Waals surface area contributed by atoms with E-state index in [1.807, 2.05) is 0 Å². The summed E-state index contributed by atoms with van der Waals surface area (Å²) in [5, 5.41) is 2.77. The second kappa shape index (κ2) is 8.90. The molecule has 142 valence electrons. The molecule has 1 heterocycles. The SMILES string of the molecule is CCOC(=O)Cc1cccc(NC(=O)c2cccc(-c3cccc(F)c3)n2)c1. The molecule has 0 spiro atoms. The second-order valence-corrected chi connectivity index (χ2v) is 6.05. The zero-order chi connectivity index (χ0) is 19.9. The highest BCUT2D eigenvalue weighted by Crippen LogP contribution is 2.19. The van der Waals surface area contributed by atoms with Gasteiger partial charge in [-0.15, -0.1) is 0 Å². The van der Waals surface area contributed by atoms with E-state index in [0.29, 0.717) is 23.6 Å². The van der Waals surface area contributed by atoms with E-state index in [-0.39, 0.29) is 23.9 Å². The lowest BCUT2D eigenvalue weighted by molar-refractivity contribution is -0.142. The number of benzene rings is 2. The smallest absolute Gasteiger partial charge is 0.310 e. The Balaban J connectivity index is 1.75. The van der Waals surface area contributed by atoms with Crippen molar-refractivity contribution in [1.29, 1.82) is 0 Å². The Labute approximate surface area is 162 Å². The molecule has 3 aromatic rings. The van der Waals surface area contributed by atoms with Gasteiger partial charge in [0.05, 0.1) is 18.7 Å². The van der Waals surface area contributed by atoms with Gasteiger partial charge in [-0.25, -0.2) is 9.37 Å². The van der Waals surface area contributed by atoms with E-state index in [0.717, 1.165) is 5.56 Å². The molecule has 3 rings (SSSR count). The van der Waals surface area contributed by atoms with Crippen LogP contribution in [0.15, 0.2) is 66.7 Å². The Hall–Kier alpha value is -3.54. The van der Waals surface area contributed by atoms with E-state index in [9.17, 15) is 14.0 Å². The molecule has 28 heavy (non-hydrogen) atoms. The third kappa shape index (κ3) is 5.01. The maximum Gasteiger partial charge on any atom is 0.310 e. The van der Waals surface area contributed by atoms with Crippen LogP contribution in [0, 0.1) is 5.82 Å². The summed E-state index contributed by atoms with van der Waals surface area (Å²) in [7, 11) is 0. The minimum Gasteiger partial charge on any atom is -0.466 e. The quantitative estimate of drug-likeness (QED) is 0.651. The van der Waals surface area contributed by atoms with Gasteiger partial charge in [0.15, 0.2) is 0 Å². The predicted molar refractivity (Wildman–Crippen MR) is 104 cm³/mol.